The SMILES string of the molecule is Cc1ccc(S(=O)(=O)N[C@H](C)c2ccncc2)cc1N(C)C. The number of aryl methyl sites for hydroxylation is 1. The molecule has 22 heavy (non-hydrogen) atoms. The summed E-state index contributed by atoms with van der Waals surface area (Å²) in [5, 5.41) is 0. The number of sulfonamides is 1. The summed E-state index contributed by atoms with van der Waals surface area (Å²) in [6.45, 7) is 3.77. The fourth-order valence-corrected chi connectivity index (χ4v) is 3.51. The molecule has 0 aliphatic heterocycles. The van der Waals surface area contributed by atoms with Gasteiger partial charge in [-0.25, -0.2) is 13.1 Å². The molecule has 5 nitrogen and oxygen atoms in total. The van der Waals surface area contributed by atoms with Crippen LogP contribution in [0.25, 0.3) is 0 Å². The third-order valence-corrected chi connectivity index (χ3v) is 5.05. The van der Waals surface area contributed by atoms with Crippen LogP contribution in [-0.4, -0.2) is 27.5 Å². The molecule has 0 amide bonds. The van der Waals surface area contributed by atoms with E-state index in [1.54, 1.807) is 36.7 Å². The van der Waals surface area contributed by atoms with E-state index >= 15 is 0 Å². The van der Waals surface area contributed by atoms with Gasteiger partial charge in [0.05, 0.1) is 4.90 Å². The van der Waals surface area contributed by atoms with Crippen molar-refractivity contribution in [3.05, 3.63) is 53.9 Å². The number of nitrogens with one attached hydrogen (secondary N) is 1. The molecule has 0 spiro atoms. The normalized spacial score (nSPS) is 12.9. The van der Waals surface area contributed by atoms with Crippen LogP contribution >= 0.6 is 0 Å². The number of aromatic nitrogens is 1. The van der Waals surface area contributed by atoms with E-state index in [1.807, 2.05) is 38.9 Å². The van der Waals surface area contributed by atoms with Crippen molar-refractivity contribution < 1.29 is 8.42 Å². The number of benzene rings is 1. The van der Waals surface area contributed by atoms with Gasteiger partial charge in [0.2, 0.25) is 10.0 Å². The highest BCUT2D eigenvalue weighted by Crippen LogP contribution is 2.23. The molecule has 0 radical (unpaired) electrons. The van der Waals surface area contributed by atoms with E-state index in [0.29, 0.717) is 0 Å². The molecule has 0 aliphatic rings. The van der Waals surface area contributed by atoms with Crippen LogP contribution in [0.4, 0.5) is 5.69 Å². The second-order valence-corrected chi connectivity index (χ2v) is 7.18. The minimum absolute atomic E-state index is 0.266. The van der Waals surface area contributed by atoms with Gasteiger partial charge in [-0.05, 0) is 49.2 Å². The zero-order valence-electron chi connectivity index (χ0n) is 13.2. The van der Waals surface area contributed by atoms with Gasteiger partial charge in [-0.3, -0.25) is 4.98 Å². The van der Waals surface area contributed by atoms with Crippen molar-refractivity contribution >= 4 is 15.7 Å². The molecule has 0 saturated heterocycles. The maximum atomic E-state index is 12.6. The Hall–Kier alpha value is -1.92. The van der Waals surface area contributed by atoms with Crippen LogP contribution in [0.1, 0.15) is 24.1 Å². The van der Waals surface area contributed by atoms with Gasteiger partial charge in [-0.2, -0.15) is 0 Å². The summed E-state index contributed by atoms with van der Waals surface area (Å²) in [6, 6.07) is 8.42. The molecular formula is C16H21N3O2S. The van der Waals surface area contributed by atoms with Crippen molar-refractivity contribution in [1.29, 1.82) is 0 Å². The molecule has 2 rings (SSSR count). The lowest BCUT2D eigenvalue weighted by atomic mass is 10.1. The zero-order chi connectivity index (χ0) is 16.3. The van der Waals surface area contributed by atoms with Crippen LogP contribution in [0.5, 0.6) is 0 Å². The predicted octanol–water partition coefficient (Wildman–Crippen LogP) is 2.50. The van der Waals surface area contributed by atoms with Gasteiger partial charge in [0, 0.05) is 38.2 Å². The van der Waals surface area contributed by atoms with E-state index in [-0.39, 0.29) is 10.9 Å². The predicted molar refractivity (Wildman–Crippen MR) is 88.5 cm³/mol. The lowest BCUT2D eigenvalue weighted by Gasteiger charge is -2.18. The first kappa shape index (κ1) is 16.5. The molecule has 118 valence electrons. The fraction of sp³-hybridized carbons (Fsp3) is 0.312. The monoisotopic (exact) mass is 319 g/mol. The first-order chi connectivity index (χ1) is 10.3. The van der Waals surface area contributed by atoms with Gasteiger partial charge in [0.1, 0.15) is 0 Å². The smallest absolute Gasteiger partial charge is 0.241 e. The molecular weight excluding hydrogens is 298 g/mol. The minimum Gasteiger partial charge on any atom is -0.377 e. The molecule has 1 atom stereocenters. The first-order valence-electron chi connectivity index (χ1n) is 7.01. The average molecular weight is 319 g/mol. The van der Waals surface area contributed by atoms with Crippen molar-refractivity contribution in [2.75, 3.05) is 19.0 Å². The summed E-state index contributed by atoms with van der Waals surface area (Å²) in [6.07, 6.45) is 3.30. The van der Waals surface area contributed by atoms with Gasteiger partial charge < -0.3 is 4.90 Å². The Kier molecular flexibility index (Phi) is 4.83. The maximum Gasteiger partial charge on any atom is 0.241 e. The Morgan fingerprint density at radius 3 is 2.36 bits per heavy atom. The van der Waals surface area contributed by atoms with Crippen LogP contribution in [0.15, 0.2) is 47.6 Å². The zero-order valence-corrected chi connectivity index (χ0v) is 14.1. The van der Waals surface area contributed by atoms with E-state index in [9.17, 15) is 8.42 Å². The number of hydrogen-bond acceptors (Lipinski definition) is 4. The van der Waals surface area contributed by atoms with E-state index in [4.69, 9.17) is 0 Å². The third-order valence-electron chi connectivity index (χ3n) is 3.51. The Labute approximate surface area is 132 Å². The Morgan fingerprint density at radius 1 is 1.14 bits per heavy atom. The highest BCUT2D eigenvalue weighted by Gasteiger charge is 2.19. The molecule has 1 aromatic carbocycles. The minimum atomic E-state index is -3.58. The van der Waals surface area contributed by atoms with Gasteiger partial charge in [-0.15, -0.1) is 0 Å². The largest absolute Gasteiger partial charge is 0.377 e. The third kappa shape index (κ3) is 3.64. The van der Waals surface area contributed by atoms with E-state index < -0.39 is 10.0 Å². The number of anilines is 1. The van der Waals surface area contributed by atoms with Crippen molar-refractivity contribution in [2.24, 2.45) is 0 Å². The molecule has 0 bridgehead atoms. The molecule has 0 saturated carbocycles. The summed E-state index contributed by atoms with van der Waals surface area (Å²) in [5.74, 6) is 0. The van der Waals surface area contributed by atoms with E-state index in [2.05, 4.69) is 9.71 Å². The molecule has 0 unspecified atom stereocenters. The van der Waals surface area contributed by atoms with Gasteiger partial charge in [0.25, 0.3) is 0 Å². The lowest BCUT2D eigenvalue weighted by molar-refractivity contribution is 0.567. The molecule has 0 fully saturated rings. The van der Waals surface area contributed by atoms with Crippen LogP contribution in [0, 0.1) is 6.92 Å². The molecule has 1 aromatic heterocycles. The van der Waals surface area contributed by atoms with Crippen LogP contribution < -0.4 is 9.62 Å². The number of nitrogens with zero attached hydrogens (tertiary/aromatic N) is 2. The molecule has 1 N–H and O–H groups in total. The molecule has 6 heteroatoms. The lowest BCUT2D eigenvalue weighted by Crippen LogP contribution is -2.27. The van der Waals surface area contributed by atoms with Crippen molar-refractivity contribution in [1.82, 2.24) is 9.71 Å². The second-order valence-electron chi connectivity index (χ2n) is 5.47. The van der Waals surface area contributed by atoms with Gasteiger partial charge in [-0.1, -0.05) is 6.07 Å². The standard InChI is InChI=1S/C16H21N3O2S/c1-12-5-6-15(11-16(12)19(3)4)22(20,21)18-13(2)14-7-9-17-10-8-14/h5-11,13,18H,1-4H3/t13-/m1/s1. The van der Waals surface area contributed by atoms with Crippen LogP contribution in [0.3, 0.4) is 0 Å². The Morgan fingerprint density at radius 2 is 1.77 bits per heavy atom. The highest BCUT2D eigenvalue weighted by molar-refractivity contribution is 7.89. The van der Waals surface area contributed by atoms with Crippen molar-refractivity contribution in [3.63, 3.8) is 0 Å². The Bertz CT molecular complexity index is 743. The first-order valence-corrected chi connectivity index (χ1v) is 8.50. The van der Waals surface area contributed by atoms with Crippen molar-refractivity contribution in [2.45, 2.75) is 24.8 Å². The Balaban J connectivity index is 2.29. The second kappa shape index (κ2) is 6.46. The number of rotatable bonds is 5. The summed E-state index contributed by atoms with van der Waals surface area (Å²) in [5.41, 5.74) is 2.80. The number of pyridine rings is 1. The average Bonchev–Trinajstić information content (AvgIpc) is 2.47. The van der Waals surface area contributed by atoms with Gasteiger partial charge in [0.15, 0.2) is 0 Å². The van der Waals surface area contributed by atoms with Gasteiger partial charge >= 0.3 is 0 Å². The molecule has 0 aliphatic carbocycles. The topological polar surface area (TPSA) is 62.3 Å². The summed E-state index contributed by atoms with van der Waals surface area (Å²) >= 11 is 0. The van der Waals surface area contributed by atoms with E-state index in [0.717, 1.165) is 16.8 Å². The quantitative estimate of drug-likeness (QED) is 0.920. The fourth-order valence-electron chi connectivity index (χ4n) is 2.26. The summed E-state index contributed by atoms with van der Waals surface area (Å²) in [4.78, 5) is 6.11. The van der Waals surface area contributed by atoms with Crippen LogP contribution in [-0.2, 0) is 10.0 Å². The van der Waals surface area contributed by atoms with E-state index in [1.165, 1.54) is 0 Å². The summed E-state index contributed by atoms with van der Waals surface area (Å²) < 4.78 is 27.8. The highest BCUT2D eigenvalue weighted by atomic mass is 32.2. The van der Waals surface area contributed by atoms with Crippen molar-refractivity contribution in [3.8, 4) is 0 Å². The number of hydrogen-bond donors (Lipinski definition) is 1. The molecule has 2 aromatic rings. The summed E-state index contributed by atoms with van der Waals surface area (Å²) in [7, 11) is 0.212. The maximum absolute atomic E-state index is 12.6. The van der Waals surface area contributed by atoms with Crippen LogP contribution in [0.2, 0.25) is 0 Å². The molecule has 1 heterocycles.